The minimum Gasteiger partial charge on any atom is -0.381 e. The van der Waals surface area contributed by atoms with Gasteiger partial charge in [-0.2, -0.15) is 0 Å². The number of ether oxygens (including phenoxy) is 2. The van der Waals surface area contributed by atoms with Gasteiger partial charge in [0.15, 0.2) is 0 Å². The molecule has 0 unspecified atom stereocenters. The fraction of sp³-hybridized carbons (Fsp3) is 1.00. The second-order valence-electron chi connectivity index (χ2n) is 4.01. The van der Waals surface area contributed by atoms with Gasteiger partial charge in [-0.15, -0.1) is 0 Å². The van der Waals surface area contributed by atoms with Crippen LogP contribution in [-0.4, -0.2) is 39.0 Å². The lowest BCUT2D eigenvalue weighted by molar-refractivity contribution is 0.00984. The van der Waals surface area contributed by atoms with Crippen molar-refractivity contribution in [2.24, 2.45) is 5.92 Å². The molecule has 13 heavy (non-hydrogen) atoms. The fourth-order valence-electron chi connectivity index (χ4n) is 1.95. The normalized spacial score (nSPS) is 30.9. The first-order valence-corrected chi connectivity index (χ1v) is 5.35. The molecule has 0 aliphatic carbocycles. The van der Waals surface area contributed by atoms with Gasteiger partial charge in [-0.3, -0.25) is 0 Å². The van der Waals surface area contributed by atoms with Crippen molar-refractivity contribution in [1.82, 2.24) is 5.32 Å². The number of rotatable bonds is 3. The van der Waals surface area contributed by atoms with Crippen LogP contribution >= 0.6 is 0 Å². The zero-order chi connectivity index (χ0) is 8.93. The molecule has 2 aliphatic rings. The van der Waals surface area contributed by atoms with Gasteiger partial charge in [0.1, 0.15) is 0 Å². The van der Waals surface area contributed by atoms with Gasteiger partial charge in [0, 0.05) is 12.5 Å². The molecule has 0 bridgehead atoms. The van der Waals surface area contributed by atoms with Crippen molar-refractivity contribution in [3.8, 4) is 0 Å². The van der Waals surface area contributed by atoms with Crippen LogP contribution in [-0.2, 0) is 9.47 Å². The van der Waals surface area contributed by atoms with E-state index in [-0.39, 0.29) is 0 Å². The Kier molecular flexibility index (Phi) is 3.58. The molecule has 2 aliphatic heterocycles. The molecular formula is C10H19NO2. The van der Waals surface area contributed by atoms with Crippen LogP contribution in [0.2, 0.25) is 0 Å². The first kappa shape index (κ1) is 9.44. The lowest BCUT2D eigenvalue weighted by Gasteiger charge is -2.24. The summed E-state index contributed by atoms with van der Waals surface area (Å²) in [6.45, 7) is 4.98. The predicted octanol–water partition coefficient (Wildman–Crippen LogP) is 0.791. The third kappa shape index (κ3) is 2.93. The molecule has 2 rings (SSSR count). The summed E-state index contributed by atoms with van der Waals surface area (Å²) < 4.78 is 11.2. The Balaban J connectivity index is 1.60. The second kappa shape index (κ2) is 4.94. The molecule has 0 aromatic rings. The van der Waals surface area contributed by atoms with Crippen LogP contribution in [0.3, 0.4) is 0 Å². The van der Waals surface area contributed by atoms with Gasteiger partial charge < -0.3 is 14.8 Å². The van der Waals surface area contributed by atoms with Gasteiger partial charge >= 0.3 is 0 Å². The Hall–Kier alpha value is -0.120. The average molecular weight is 185 g/mol. The van der Waals surface area contributed by atoms with E-state index in [2.05, 4.69) is 5.32 Å². The standard InChI is InChI=1S/C10H19NO2/c1-4-11-5-2-10(1)13-8-9-3-6-12-7-9/h9-11H,1-8H2/t9-/m1/s1. The van der Waals surface area contributed by atoms with Crippen LogP contribution in [0, 0.1) is 5.92 Å². The SMILES string of the molecule is C1CC(OC[C@@H]2CCOC2)CCN1. The van der Waals surface area contributed by atoms with E-state index in [1.807, 2.05) is 0 Å². The first-order chi connectivity index (χ1) is 6.45. The molecule has 1 N–H and O–H groups in total. The van der Waals surface area contributed by atoms with Crippen LogP contribution in [0.15, 0.2) is 0 Å². The lowest BCUT2D eigenvalue weighted by atomic mass is 10.1. The zero-order valence-electron chi connectivity index (χ0n) is 8.13. The smallest absolute Gasteiger partial charge is 0.0599 e. The monoisotopic (exact) mass is 185 g/mol. The van der Waals surface area contributed by atoms with E-state index in [1.54, 1.807) is 0 Å². The van der Waals surface area contributed by atoms with Gasteiger partial charge in [-0.25, -0.2) is 0 Å². The van der Waals surface area contributed by atoms with E-state index >= 15 is 0 Å². The van der Waals surface area contributed by atoms with Crippen LogP contribution in [0.5, 0.6) is 0 Å². The molecule has 2 saturated heterocycles. The van der Waals surface area contributed by atoms with Crippen molar-refractivity contribution in [3.05, 3.63) is 0 Å². The van der Waals surface area contributed by atoms with Crippen LogP contribution in [0.25, 0.3) is 0 Å². The summed E-state index contributed by atoms with van der Waals surface area (Å²) in [5, 5.41) is 3.34. The van der Waals surface area contributed by atoms with Crippen LogP contribution in [0.1, 0.15) is 19.3 Å². The Bertz CT molecular complexity index is 140. The van der Waals surface area contributed by atoms with E-state index < -0.39 is 0 Å². The van der Waals surface area contributed by atoms with E-state index in [1.165, 1.54) is 19.3 Å². The summed E-state index contributed by atoms with van der Waals surface area (Å²) in [5.41, 5.74) is 0. The largest absolute Gasteiger partial charge is 0.381 e. The summed E-state index contributed by atoms with van der Waals surface area (Å²) in [7, 11) is 0. The van der Waals surface area contributed by atoms with Crippen molar-refractivity contribution < 1.29 is 9.47 Å². The Morgan fingerprint density at radius 2 is 2.08 bits per heavy atom. The summed E-state index contributed by atoms with van der Waals surface area (Å²) in [6, 6.07) is 0. The van der Waals surface area contributed by atoms with Crippen molar-refractivity contribution in [3.63, 3.8) is 0 Å². The minimum atomic E-state index is 0.502. The van der Waals surface area contributed by atoms with Gasteiger partial charge in [-0.1, -0.05) is 0 Å². The number of piperidine rings is 1. The minimum absolute atomic E-state index is 0.502. The summed E-state index contributed by atoms with van der Waals surface area (Å²) in [4.78, 5) is 0. The first-order valence-electron chi connectivity index (χ1n) is 5.35. The highest BCUT2D eigenvalue weighted by molar-refractivity contribution is 4.70. The molecule has 3 heteroatoms. The molecule has 0 saturated carbocycles. The Morgan fingerprint density at radius 3 is 2.77 bits per heavy atom. The third-order valence-electron chi connectivity index (χ3n) is 2.88. The quantitative estimate of drug-likeness (QED) is 0.705. The Labute approximate surface area is 79.8 Å². The molecule has 2 fully saturated rings. The van der Waals surface area contributed by atoms with E-state index in [0.717, 1.165) is 32.9 Å². The third-order valence-corrected chi connectivity index (χ3v) is 2.88. The lowest BCUT2D eigenvalue weighted by Crippen LogP contribution is -2.33. The molecule has 0 spiro atoms. The van der Waals surface area contributed by atoms with Crippen molar-refractivity contribution in [2.45, 2.75) is 25.4 Å². The highest BCUT2D eigenvalue weighted by atomic mass is 16.5. The maximum Gasteiger partial charge on any atom is 0.0599 e. The molecule has 0 aromatic heterocycles. The highest BCUT2D eigenvalue weighted by Crippen LogP contribution is 2.15. The topological polar surface area (TPSA) is 30.5 Å². The van der Waals surface area contributed by atoms with E-state index in [0.29, 0.717) is 12.0 Å². The molecule has 2 heterocycles. The second-order valence-corrected chi connectivity index (χ2v) is 4.01. The molecule has 0 radical (unpaired) electrons. The summed E-state index contributed by atoms with van der Waals surface area (Å²) in [5.74, 6) is 0.662. The summed E-state index contributed by atoms with van der Waals surface area (Å²) >= 11 is 0. The van der Waals surface area contributed by atoms with Gasteiger partial charge in [0.2, 0.25) is 0 Å². The zero-order valence-corrected chi connectivity index (χ0v) is 8.13. The van der Waals surface area contributed by atoms with E-state index in [4.69, 9.17) is 9.47 Å². The maximum atomic E-state index is 5.85. The average Bonchev–Trinajstić information content (AvgIpc) is 2.69. The number of nitrogens with one attached hydrogen (secondary N) is 1. The predicted molar refractivity (Wildman–Crippen MR) is 50.8 cm³/mol. The van der Waals surface area contributed by atoms with Crippen LogP contribution in [0.4, 0.5) is 0 Å². The molecule has 0 amide bonds. The molecule has 1 atom stereocenters. The van der Waals surface area contributed by atoms with Crippen molar-refractivity contribution in [1.29, 1.82) is 0 Å². The summed E-state index contributed by atoms with van der Waals surface area (Å²) in [6.07, 6.45) is 4.04. The Morgan fingerprint density at radius 1 is 1.23 bits per heavy atom. The molecule has 3 nitrogen and oxygen atoms in total. The van der Waals surface area contributed by atoms with Gasteiger partial charge in [0.05, 0.1) is 19.3 Å². The van der Waals surface area contributed by atoms with Gasteiger partial charge in [0.25, 0.3) is 0 Å². The maximum absolute atomic E-state index is 5.85. The molecule has 76 valence electrons. The van der Waals surface area contributed by atoms with Crippen molar-refractivity contribution in [2.75, 3.05) is 32.9 Å². The number of hydrogen-bond donors (Lipinski definition) is 1. The molecule has 0 aromatic carbocycles. The van der Waals surface area contributed by atoms with Crippen molar-refractivity contribution >= 4 is 0 Å². The fourth-order valence-corrected chi connectivity index (χ4v) is 1.95. The number of hydrogen-bond acceptors (Lipinski definition) is 3. The van der Waals surface area contributed by atoms with Gasteiger partial charge in [-0.05, 0) is 32.4 Å². The highest BCUT2D eigenvalue weighted by Gasteiger charge is 2.19. The molecular weight excluding hydrogens is 166 g/mol. The van der Waals surface area contributed by atoms with Crippen LogP contribution < -0.4 is 5.32 Å². The van der Waals surface area contributed by atoms with E-state index in [9.17, 15) is 0 Å².